The molecule has 18 heavy (non-hydrogen) atoms. The summed E-state index contributed by atoms with van der Waals surface area (Å²) in [7, 11) is 0. The van der Waals surface area contributed by atoms with E-state index in [1.807, 2.05) is 6.20 Å². The molecule has 0 unspecified atom stereocenters. The van der Waals surface area contributed by atoms with Crippen molar-refractivity contribution in [3.05, 3.63) is 35.0 Å². The highest BCUT2D eigenvalue weighted by Crippen LogP contribution is 2.35. The zero-order valence-corrected chi connectivity index (χ0v) is 11.2. The lowest BCUT2D eigenvalue weighted by Crippen LogP contribution is -2.23. The molecule has 3 heterocycles. The molecular formula is C13H16N4S. The Bertz CT molecular complexity index is 534. The minimum Gasteiger partial charge on any atom is -0.375 e. The SMILES string of the molecule is Cc1ccc(N2CCC[C@@H]2c2csc(N)n2)nc1. The highest BCUT2D eigenvalue weighted by Gasteiger charge is 2.28. The van der Waals surface area contributed by atoms with Gasteiger partial charge in [-0.2, -0.15) is 0 Å². The van der Waals surface area contributed by atoms with Gasteiger partial charge in [0.2, 0.25) is 0 Å². The van der Waals surface area contributed by atoms with E-state index in [-0.39, 0.29) is 0 Å². The summed E-state index contributed by atoms with van der Waals surface area (Å²) in [5.74, 6) is 1.04. The second kappa shape index (κ2) is 4.57. The van der Waals surface area contributed by atoms with Gasteiger partial charge in [-0.3, -0.25) is 0 Å². The lowest BCUT2D eigenvalue weighted by Gasteiger charge is -2.24. The third-order valence-corrected chi connectivity index (χ3v) is 4.02. The van der Waals surface area contributed by atoms with E-state index < -0.39 is 0 Å². The van der Waals surface area contributed by atoms with Gasteiger partial charge in [-0.25, -0.2) is 9.97 Å². The van der Waals surface area contributed by atoms with Crippen LogP contribution in [-0.4, -0.2) is 16.5 Å². The third-order valence-electron chi connectivity index (χ3n) is 3.32. The van der Waals surface area contributed by atoms with Crippen LogP contribution in [0.4, 0.5) is 10.9 Å². The first-order chi connectivity index (χ1) is 8.74. The van der Waals surface area contributed by atoms with Crippen LogP contribution in [0.5, 0.6) is 0 Å². The van der Waals surface area contributed by atoms with Gasteiger partial charge in [-0.05, 0) is 31.4 Å². The van der Waals surface area contributed by atoms with Gasteiger partial charge in [0.15, 0.2) is 5.13 Å². The molecule has 2 aromatic rings. The molecule has 0 saturated carbocycles. The van der Waals surface area contributed by atoms with E-state index in [1.165, 1.54) is 23.3 Å². The molecule has 1 aliphatic heterocycles. The Hall–Kier alpha value is -1.62. The van der Waals surface area contributed by atoms with Crippen LogP contribution < -0.4 is 10.6 Å². The zero-order chi connectivity index (χ0) is 12.5. The monoisotopic (exact) mass is 260 g/mol. The molecule has 0 spiro atoms. The number of hydrogen-bond acceptors (Lipinski definition) is 5. The first kappa shape index (κ1) is 11.5. The van der Waals surface area contributed by atoms with E-state index in [4.69, 9.17) is 5.73 Å². The Labute approximate surface area is 110 Å². The fourth-order valence-electron chi connectivity index (χ4n) is 2.43. The standard InChI is InChI=1S/C13H16N4S/c1-9-4-5-12(15-7-9)17-6-2-3-11(17)10-8-18-13(14)16-10/h4-5,7-8,11H,2-3,6H2,1H3,(H2,14,16)/t11-/m1/s1. The average Bonchev–Trinajstić information content (AvgIpc) is 2.98. The summed E-state index contributed by atoms with van der Waals surface area (Å²) in [5, 5.41) is 2.71. The van der Waals surface area contributed by atoms with Crippen molar-refractivity contribution in [3.8, 4) is 0 Å². The van der Waals surface area contributed by atoms with Crippen molar-refractivity contribution in [2.45, 2.75) is 25.8 Å². The number of thiazole rings is 1. The van der Waals surface area contributed by atoms with Gasteiger partial charge >= 0.3 is 0 Å². The minimum atomic E-state index is 0.328. The Morgan fingerprint density at radius 3 is 3.00 bits per heavy atom. The number of aromatic nitrogens is 2. The molecule has 4 nitrogen and oxygen atoms in total. The van der Waals surface area contributed by atoms with E-state index in [9.17, 15) is 0 Å². The van der Waals surface area contributed by atoms with Crippen molar-refractivity contribution in [1.29, 1.82) is 0 Å². The maximum Gasteiger partial charge on any atom is 0.180 e. The van der Waals surface area contributed by atoms with Crippen molar-refractivity contribution >= 4 is 22.3 Å². The number of nitrogens with zero attached hydrogens (tertiary/aromatic N) is 3. The van der Waals surface area contributed by atoms with Crippen LogP contribution in [0.15, 0.2) is 23.7 Å². The Balaban J connectivity index is 1.89. The molecule has 1 saturated heterocycles. The van der Waals surface area contributed by atoms with Crippen molar-refractivity contribution in [3.63, 3.8) is 0 Å². The normalized spacial score (nSPS) is 19.4. The van der Waals surface area contributed by atoms with E-state index in [2.05, 4.69) is 39.3 Å². The first-order valence-electron chi connectivity index (χ1n) is 6.14. The van der Waals surface area contributed by atoms with Gasteiger partial charge in [0.1, 0.15) is 5.82 Å². The van der Waals surface area contributed by atoms with Gasteiger partial charge in [0, 0.05) is 18.1 Å². The fourth-order valence-corrected chi connectivity index (χ4v) is 3.04. The summed E-state index contributed by atoms with van der Waals surface area (Å²) in [5.41, 5.74) is 7.99. The number of rotatable bonds is 2. The van der Waals surface area contributed by atoms with Gasteiger partial charge in [-0.1, -0.05) is 6.07 Å². The molecule has 94 valence electrons. The van der Waals surface area contributed by atoms with E-state index in [0.717, 1.165) is 24.5 Å². The molecule has 1 aliphatic rings. The van der Waals surface area contributed by atoms with Gasteiger partial charge in [0.05, 0.1) is 11.7 Å². The number of pyridine rings is 1. The molecule has 1 fully saturated rings. The Morgan fingerprint density at radius 1 is 1.44 bits per heavy atom. The second-order valence-electron chi connectivity index (χ2n) is 4.66. The largest absolute Gasteiger partial charge is 0.375 e. The van der Waals surface area contributed by atoms with Crippen LogP contribution in [-0.2, 0) is 0 Å². The summed E-state index contributed by atoms with van der Waals surface area (Å²) in [6.45, 7) is 3.09. The zero-order valence-electron chi connectivity index (χ0n) is 10.3. The topological polar surface area (TPSA) is 55.0 Å². The molecule has 3 rings (SSSR count). The summed E-state index contributed by atoms with van der Waals surface area (Å²) < 4.78 is 0. The molecule has 0 aliphatic carbocycles. The molecule has 5 heteroatoms. The van der Waals surface area contributed by atoms with Crippen molar-refractivity contribution < 1.29 is 0 Å². The first-order valence-corrected chi connectivity index (χ1v) is 7.02. The van der Waals surface area contributed by atoms with Crippen LogP contribution in [0.3, 0.4) is 0 Å². The third kappa shape index (κ3) is 2.06. The molecule has 2 N–H and O–H groups in total. The van der Waals surface area contributed by atoms with Crippen LogP contribution in [0, 0.1) is 6.92 Å². The predicted molar refractivity (Wildman–Crippen MR) is 74.8 cm³/mol. The molecule has 2 aromatic heterocycles. The molecular weight excluding hydrogens is 244 g/mol. The van der Waals surface area contributed by atoms with Crippen LogP contribution in [0.1, 0.15) is 30.1 Å². The molecule has 0 amide bonds. The van der Waals surface area contributed by atoms with Crippen molar-refractivity contribution in [2.75, 3.05) is 17.2 Å². The molecule has 0 aromatic carbocycles. The maximum atomic E-state index is 5.72. The maximum absolute atomic E-state index is 5.72. The number of nitrogens with two attached hydrogens (primary N) is 1. The number of anilines is 2. The van der Waals surface area contributed by atoms with Crippen molar-refractivity contribution in [2.24, 2.45) is 0 Å². The average molecular weight is 260 g/mol. The number of hydrogen-bond donors (Lipinski definition) is 1. The van der Waals surface area contributed by atoms with Crippen molar-refractivity contribution in [1.82, 2.24) is 9.97 Å². The van der Waals surface area contributed by atoms with Gasteiger partial charge in [0.25, 0.3) is 0 Å². The summed E-state index contributed by atoms with van der Waals surface area (Å²) in [4.78, 5) is 11.3. The van der Waals surface area contributed by atoms with Gasteiger partial charge in [-0.15, -0.1) is 11.3 Å². The highest BCUT2D eigenvalue weighted by molar-refractivity contribution is 7.13. The Morgan fingerprint density at radius 2 is 2.33 bits per heavy atom. The summed E-state index contributed by atoms with van der Waals surface area (Å²) in [6.07, 6.45) is 4.22. The quantitative estimate of drug-likeness (QED) is 0.902. The Kier molecular flexibility index (Phi) is 2.91. The highest BCUT2D eigenvalue weighted by atomic mass is 32.1. The molecule has 1 atom stereocenters. The lowest BCUT2D eigenvalue weighted by molar-refractivity contribution is 0.693. The fraction of sp³-hybridized carbons (Fsp3) is 0.385. The minimum absolute atomic E-state index is 0.328. The van der Waals surface area contributed by atoms with E-state index in [1.54, 1.807) is 0 Å². The molecule has 0 radical (unpaired) electrons. The lowest BCUT2D eigenvalue weighted by atomic mass is 10.1. The number of aryl methyl sites for hydroxylation is 1. The van der Waals surface area contributed by atoms with E-state index in [0.29, 0.717) is 11.2 Å². The smallest absolute Gasteiger partial charge is 0.180 e. The van der Waals surface area contributed by atoms with Crippen LogP contribution in [0.2, 0.25) is 0 Å². The molecule has 0 bridgehead atoms. The van der Waals surface area contributed by atoms with Crippen LogP contribution >= 0.6 is 11.3 Å². The van der Waals surface area contributed by atoms with Crippen LogP contribution in [0.25, 0.3) is 0 Å². The summed E-state index contributed by atoms with van der Waals surface area (Å²) >= 11 is 1.51. The van der Waals surface area contributed by atoms with Gasteiger partial charge < -0.3 is 10.6 Å². The number of nitrogen functional groups attached to an aromatic ring is 1. The summed E-state index contributed by atoms with van der Waals surface area (Å²) in [6, 6.07) is 4.52. The van der Waals surface area contributed by atoms with E-state index >= 15 is 0 Å². The second-order valence-corrected chi connectivity index (χ2v) is 5.55. The predicted octanol–water partition coefficient (Wildman–Crippen LogP) is 2.77.